The van der Waals surface area contributed by atoms with E-state index in [-0.39, 0.29) is 23.4 Å². The Morgan fingerprint density at radius 3 is 2.62 bits per heavy atom. The average Bonchev–Trinajstić information content (AvgIpc) is 2.59. The molecule has 24 heavy (non-hydrogen) atoms. The van der Waals surface area contributed by atoms with E-state index in [1.165, 1.54) is 25.7 Å². The largest absolute Gasteiger partial charge is 0.491 e. The van der Waals surface area contributed by atoms with Gasteiger partial charge in [-0.3, -0.25) is 4.79 Å². The zero-order valence-corrected chi connectivity index (χ0v) is 14.6. The van der Waals surface area contributed by atoms with E-state index in [2.05, 4.69) is 6.92 Å². The van der Waals surface area contributed by atoms with Gasteiger partial charge in [0.2, 0.25) is 5.82 Å². The minimum Gasteiger partial charge on any atom is -0.491 e. The van der Waals surface area contributed by atoms with E-state index < -0.39 is 5.82 Å². The monoisotopic (exact) mass is 334 g/mol. The van der Waals surface area contributed by atoms with Crippen LogP contribution in [0.5, 0.6) is 11.5 Å². The van der Waals surface area contributed by atoms with Gasteiger partial charge in [0.05, 0.1) is 12.5 Å². The Kier molecular flexibility index (Phi) is 5.42. The number of hydrogen-bond acceptors (Lipinski definition) is 3. The fourth-order valence-electron chi connectivity index (χ4n) is 4.26. The van der Waals surface area contributed by atoms with E-state index in [1.807, 2.05) is 6.07 Å². The predicted molar refractivity (Wildman–Crippen MR) is 90.8 cm³/mol. The van der Waals surface area contributed by atoms with Gasteiger partial charge in [-0.15, -0.1) is 0 Å². The van der Waals surface area contributed by atoms with Gasteiger partial charge < -0.3 is 9.47 Å². The van der Waals surface area contributed by atoms with Crippen molar-refractivity contribution < 1.29 is 18.7 Å². The van der Waals surface area contributed by atoms with Gasteiger partial charge in [0.1, 0.15) is 0 Å². The van der Waals surface area contributed by atoms with Crippen LogP contribution in [0.1, 0.15) is 57.9 Å². The number of benzene rings is 1. The van der Waals surface area contributed by atoms with Crippen LogP contribution in [-0.2, 0) is 11.2 Å². The summed E-state index contributed by atoms with van der Waals surface area (Å²) in [6.07, 6.45) is 7.67. The molecule has 1 heterocycles. The molecule has 1 fully saturated rings. The highest BCUT2D eigenvalue weighted by Gasteiger charge is 2.38. The van der Waals surface area contributed by atoms with E-state index >= 15 is 0 Å². The molecule has 2 aliphatic rings. The zero-order valence-electron chi connectivity index (χ0n) is 14.6. The number of fused-ring (bicyclic) bond motifs is 1. The fraction of sp³-hybridized carbons (Fsp3) is 0.650. The van der Waals surface area contributed by atoms with Gasteiger partial charge in [-0.1, -0.05) is 38.7 Å². The Labute approximate surface area is 143 Å². The summed E-state index contributed by atoms with van der Waals surface area (Å²) in [6.45, 7) is 4.41. The lowest BCUT2D eigenvalue weighted by Gasteiger charge is -2.35. The summed E-state index contributed by atoms with van der Waals surface area (Å²) in [7, 11) is 0. The highest BCUT2D eigenvalue weighted by molar-refractivity contribution is 5.78. The SMILES string of the molecule is CCC[C@H]1CC[C@H](C2Cc3ccc(OCC)c(F)c3OC2=O)CC1. The number of hydrogen-bond donors (Lipinski definition) is 0. The highest BCUT2D eigenvalue weighted by Crippen LogP contribution is 2.42. The predicted octanol–water partition coefficient (Wildman–Crippen LogP) is 4.91. The molecular weight excluding hydrogens is 307 g/mol. The Morgan fingerprint density at radius 1 is 1.21 bits per heavy atom. The molecule has 0 aromatic heterocycles. The second-order valence-corrected chi connectivity index (χ2v) is 7.10. The van der Waals surface area contributed by atoms with E-state index in [0.717, 1.165) is 24.3 Å². The van der Waals surface area contributed by atoms with Gasteiger partial charge in [0, 0.05) is 0 Å². The zero-order chi connectivity index (χ0) is 17.1. The first kappa shape index (κ1) is 17.2. The van der Waals surface area contributed by atoms with Crippen molar-refractivity contribution >= 4 is 5.97 Å². The molecule has 1 atom stereocenters. The van der Waals surface area contributed by atoms with E-state index in [0.29, 0.717) is 18.9 Å². The van der Waals surface area contributed by atoms with Crippen LogP contribution in [0.2, 0.25) is 0 Å². The molecule has 0 bridgehead atoms. The molecule has 1 unspecified atom stereocenters. The van der Waals surface area contributed by atoms with Gasteiger partial charge in [-0.05, 0) is 49.7 Å². The van der Waals surface area contributed by atoms with Crippen LogP contribution in [-0.4, -0.2) is 12.6 Å². The third kappa shape index (κ3) is 3.42. The first-order chi connectivity index (χ1) is 11.6. The normalized spacial score (nSPS) is 26.6. The maximum atomic E-state index is 14.4. The van der Waals surface area contributed by atoms with Crippen molar-refractivity contribution in [3.63, 3.8) is 0 Å². The summed E-state index contributed by atoms with van der Waals surface area (Å²) in [5, 5.41) is 0. The fourth-order valence-corrected chi connectivity index (χ4v) is 4.26. The molecule has 1 aromatic carbocycles. The lowest BCUT2D eigenvalue weighted by molar-refractivity contribution is -0.143. The molecule has 0 radical (unpaired) electrons. The second-order valence-electron chi connectivity index (χ2n) is 7.10. The van der Waals surface area contributed by atoms with Gasteiger partial charge in [-0.25, -0.2) is 0 Å². The molecule has 0 amide bonds. The molecule has 0 spiro atoms. The van der Waals surface area contributed by atoms with Crippen LogP contribution in [0.25, 0.3) is 0 Å². The second kappa shape index (κ2) is 7.54. The Hall–Kier alpha value is -1.58. The number of halogens is 1. The van der Waals surface area contributed by atoms with E-state index in [1.54, 1.807) is 13.0 Å². The van der Waals surface area contributed by atoms with Crippen molar-refractivity contribution in [3.8, 4) is 11.5 Å². The van der Waals surface area contributed by atoms with Gasteiger partial charge in [-0.2, -0.15) is 4.39 Å². The van der Waals surface area contributed by atoms with Crippen LogP contribution >= 0.6 is 0 Å². The lowest BCUT2D eigenvalue weighted by atomic mass is 9.72. The number of carbonyl (C=O) groups is 1. The molecule has 4 heteroatoms. The molecule has 1 aliphatic heterocycles. The molecule has 3 nitrogen and oxygen atoms in total. The lowest BCUT2D eigenvalue weighted by Crippen LogP contribution is -2.35. The maximum Gasteiger partial charge on any atom is 0.315 e. The van der Waals surface area contributed by atoms with Crippen molar-refractivity contribution in [1.29, 1.82) is 0 Å². The van der Waals surface area contributed by atoms with Crippen molar-refractivity contribution in [2.24, 2.45) is 17.8 Å². The number of esters is 1. The Morgan fingerprint density at radius 2 is 1.96 bits per heavy atom. The summed E-state index contributed by atoms with van der Waals surface area (Å²) in [4.78, 5) is 12.5. The maximum absolute atomic E-state index is 14.4. The van der Waals surface area contributed by atoms with Crippen LogP contribution in [0.4, 0.5) is 4.39 Å². The molecule has 132 valence electrons. The summed E-state index contributed by atoms with van der Waals surface area (Å²) in [6, 6.07) is 3.48. The van der Waals surface area contributed by atoms with E-state index in [4.69, 9.17) is 9.47 Å². The van der Waals surface area contributed by atoms with Gasteiger partial charge in [0.15, 0.2) is 11.5 Å². The first-order valence-corrected chi connectivity index (χ1v) is 9.29. The molecule has 1 aliphatic carbocycles. The van der Waals surface area contributed by atoms with Crippen LogP contribution < -0.4 is 9.47 Å². The molecular formula is C20H27FO3. The number of carbonyl (C=O) groups excluding carboxylic acids is 1. The van der Waals surface area contributed by atoms with Crippen LogP contribution in [0, 0.1) is 23.6 Å². The first-order valence-electron chi connectivity index (χ1n) is 9.29. The van der Waals surface area contributed by atoms with Crippen molar-refractivity contribution in [2.75, 3.05) is 6.61 Å². The van der Waals surface area contributed by atoms with Crippen molar-refractivity contribution in [2.45, 2.75) is 58.8 Å². The van der Waals surface area contributed by atoms with Gasteiger partial charge in [0.25, 0.3) is 0 Å². The Bertz CT molecular complexity index is 591. The number of ether oxygens (including phenoxy) is 2. The van der Waals surface area contributed by atoms with Crippen LogP contribution in [0.3, 0.4) is 0 Å². The molecule has 1 saturated carbocycles. The van der Waals surface area contributed by atoms with Crippen LogP contribution in [0.15, 0.2) is 12.1 Å². The summed E-state index contributed by atoms with van der Waals surface area (Å²) in [5.41, 5.74) is 0.788. The smallest absolute Gasteiger partial charge is 0.315 e. The third-order valence-corrected chi connectivity index (χ3v) is 5.55. The van der Waals surface area contributed by atoms with Crippen molar-refractivity contribution in [1.82, 2.24) is 0 Å². The highest BCUT2D eigenvalue weighted by atomic mass is 19.1. The summed E-state index contributed by atoms with van der Waals surface area (Å²) < 4.78 is 25.1. The molecule has 1 aromatic rings. The minimum atomic E-state index is -0.548. The minimum absolute atomic E-state index is 0.0712. The van der Waals surface area contributed by atoms with Gasteiger partial charge >= 0.3 is 5.97 Å². The standard InChI is InChI=1S/C20H27FO3/c1-3-5-13-6-8-14(9-7-13)16-12-15-10-11-17(23-4-2)18(21)19(15)24-20(16)22/h10-11,13-14,16H,3-9,12H2,1-2H3/t13-,14-,16?. The summed E-state index contributed by atoms with van der Waals surface area (Å²) in [5.74, 6) is 0.460. The average molecular weight is 334 g/mol. The third-order valence-electron chi connectivity index (χ3n) is 5.55. The molecule has 3 rings (SSSR count). The molecule has 0 saturated heterocycles. The van der Waals surface area contributed by atoms with E-state index in [9.17, 15) is 9.18 Å². The van der Waals surface area contributed by atoms with Crippen molar-refractivity contribution in [3.05, 3.63) is 23.5 Å². The quantitative estimate of drug-likeness (QED) is 0.567. The number of rotatable bonds is 5. The molecule has 0 N–H and O–H groups in total. The summed E-state index contributed by atoms with van der Waals surface area (Å²) >= 11 is 0. The Balaban J connectivity index is 1.71. The topological polar surface area (TPSA) is 35.5 Å².